The van der Waals surface area contributed by atoms with E-state index in [0.717, 1.165) is 41.3 Å². The first-order valence-corrected chi connectivity index (χ1v) is 10.00. The van der Waals surface area contributed by atoms with E-state index in [1.807, 2.05) is 11.8 Å². The fourth-order valence-corrected chi connectivity index (χ4v) is 4.25. The number of nitrogens with two attached hydrogens (primary N) is 1. The maximum Gasteiger partial charge on any atom is 0.107 e. The van der Waals surface area contributed by atoms with Crippen molar-refractivity contribution in [2.75, 3.05) is 23.9 Å². The molecule has 0 heterocycles. The topological polar surface area (TPSA) is 38.0 Å². The van der Waals surface area contributed by atoms with Gasteiger partial charge in [-0.25, -0.2) is 0 Å². The van der Waals surface area contributed by atoms with Gasteiger partial charge < -0.3 is 11.1 Å². The minimum Gasteiger partial charge on any atom is -0.389 e. The average Bonchev–Trinajstić information content (AvgIpc) is 2.49. The summed E-state index contributed by atoms with van der Waals surface area (Å²) in [6.07, 6.45) is 4.47. The van der Waals surface area contributed by atoms with Crippen LogP contribution in [0, 0.1) is 0 Å². The van der Waals surface area contributed by atoms with Gasteiger partial charge in [-0.15, -0.1) is 11.8 Å². The second-order valence-corrected chi connectivity index (χ2v) is 7.94. The number of hydrogen-bond donors (Lipinski definition) is 2. The van der Waals surface area contributed by atoms with Crippen LogP contribution in [0.2, 0.25) is 0 Å². The summed E-state index contributed by atoms with van der Waals surface area (Å²) in [5.74, 6) is 1.01. The van der Waals surface area contributed by atoms with Crippen molar-refractivity contribution in [1.29, 1.82) is 0 Å². The molecule has 0 aromatic heterocycles. The molecule has 0 amide bonds. The monoisotopic (exact) mass is 342 g/mol. The quantitative estimate of drug-likeness (QED) is 0.500. The van der Waals surface area contributed by atoms with Gasteiger partial charge in [0.2, 0.25) is 0 Å². The highest BCUT2D eigenvalue weighted by Gasteiger charge is 2.25. The molecule has 1 aromatic rings. The number of thioether (sulfide) groups is 2. The van der Waals surface area contributed by atoms with Gasteiger partial charge in [0, 0.05) is 27.4 Å². The molecule has 0 bridgehead atoms. The van der Waals surface area contributed by atoms with Crippen LogP contribution in [0.25, 0.3) is 0 Å². The minimum atomic E-state index is 0.265. The van der Waals surface area contributed by atoms with E-state index in [0.29, 0.717) is 4.99 Å². The predicted molar refractivity (Wildman–Crippen MR) is 104 cm³/mol. The van der Waals surface area contributed by atoms with Crippen LogP contribution in [0.5, 0.6) is 0 Å². The molecule has 21 heavy (non-hydrogen) atoms. The number of nitrogens with one attached hydrogen (secondary N) is 1. The van der Waals surface area contributed by atoms with Gasteiger partial charge in [0.05, 0.1) is 0 Å². The first-order chi connectivity index (χ1) is 10.0. The predicted octanol–water partition coefficient (Wildman–Crippen LogP) is 4.77. The molecule has 5 heteroatoms. The third kappa shape index (κ3) is 4.80. The molecule has 0 fully saturated rings. The molecule has 0 saturated carbocycles. The molecule has 0 unspecified atom stereocenters. The zero-order valence-corrected chi connectivity index (χ0v) is 15.8. The van der Waals surface area contributed by atoms with Crippen molar-refractivity contribution in [3.05, 3.63) is 23.8 Å². The van der Waals surface area contributed by atoms with Crippen LogP contribution in [-0.4, -0.2) is 28.3 Å². The van der Waals surface area contributed by atoms with E-state index in [9.17, 15) is 0 Å². The SMILES string of the molecule is CCSc1cccc(NCC(CC)(CC)SC)c1C(N)=S. The third-order valence-corrected chi connectivity index (χ3v) is 6.63. The van der Waals surface area contributed by atoms with Gasteiger partial charge in [0.25, 0.3) is 0 Å². The Hall–Kier alpha value is -0.390. The normalized spacial score (nSPS) is 11.4. The van der Waals surface area contributed by atoms with E-state index in [2.05, 4.69) is 50.5 Å². The molecule has 0 saturated heterocycles. The Kier molecular flexibility index (Phi) is 7.92. The summed E-state index contributed by atoms with van der Waals surface area (Å²) in [4.78, 5) is 1.63. The lowest BCUT2D eigenvalue weighted by Gasteiger charge is -2.31. The molecule has 0 aliphatic carbocycles. The van der Waals surface area contributed by atoms with Crippen molar-refractivity contribution in [2.24, 2.45) is 5.73 Å². The van der Waals surface area contributed by atoms with Gasteiger partial charge in [-0.1, -0.05) is 39.1 Å². The Morgan fingerprint density at radius 2 is 1.95 bits per heavy atom. The zero-order valence-electron chi connectivity index (χ0n) is 13.4. The maximum absolute atomic E-state index is 5.96. The van der Waals surface area contributed by atoms with Crippen LogP contribution in [-0.2, 0) is 0 Å². The maximum atomic E-state index is 5.96. The van der Waals surface area contributed by atoms with Crippen molar-refractivity contribution >= 4 is 46.4 Å². The average molecular weight is 343 g/mol. The molecule has 2 nitrogen and oxygen atoms in total. The second kappa shape index (κ2) is 8.91. The van der Waals surface area contributed by atoms with Gasteiger partial charge in [-0.3, -0.25) is 0 Å². The summed E-state index contributed by atoms with van der Waals surface area (Å²) in [7, 11) is 0. The Balaban J connectivity index is 3.02. The Bertz CT molecular complexity index is 462. The first kappa shape index (κ1) is 18.7. The van der Waals surface area contributed by atoms with Crippen LogP contribution in [0.4, 0.5) is 5.69 Å². The van der Waals surface area contributed by atoms with Crippen molar-refractivity contribution in [1.82, 2.24) is 0 Å². The molecule has 0 aliphatic heterocycles. The Morgan fingerprint density at radius 3 is 2.43 bits per heavy atom. The van der Waals surface area contributed by atoms with Crippen LogP contribution >= 0.6 is 35.7 Å². The zero-order chi connectivity index (χ0) is 15.9. The van der Waals surface area contributed by atoms with Crippen LogP contribution in [0.15, 0.2) is 23.1 Å². The number of benzene rings is 1. The number of rotatable bonds is 9. The van der Waals surface area contributed by atoms with Crippen LogP contribution in [0.1, 0.15) is 39.2 Å². The summed E-state index contributed by atoms with van der Waals surface area (Å²) >= 11 is 8.98. The van der Waals surface area contributed by atoms with E-state index in [-0.39, 0.29) is 4.75 Å². The summed E-state index contributed by atoms with van der Waals surface area (Å²) in [5.41, 5.74) is 8.00. The molecule has 1 rings (SSSR count). The van der Waals surface area contributed by atoms with Crippen molar-refractivity contribution in [3.8, 4) is 0 Å². The smallest absolute Gasteiger partial charge is 0.107 e. The molecule has 0 atom stereocenters. The van der Waals surface area contributed by atoms with Gasteiger partial charge in [-0.05, 0) is 37.0 Å². The van der Waals surface area contributed by atoms with Crippen LogP contribution < -0.4 is 11.1 Å². The number of hydrogen-bond acceptors (Lipinski definition) is 4. The highest BCUT2D eigenvalue weighted by molar-refractivity contribution is 8.00. The molecular formula is C16H26N2S3. The molecule has 3 N–H and O–H groups in total. The summed E-state index contributed by atoms with van der Waals surface area (Å²) in [6.45, 7) is 7.57. The molecule has 0 radical (unpaired) electrons. The molecule has 0 spiro atoms. The van der Waals surface area contributed by atoms with Crippen molar-refractivity contribution < 1.29 is 0 Å². The standard InChI is InChI=1S/C16H26N2S3/c1-5-16(6-2,20-4)11-18-12-9-8-10-13(21-7-3)14(12)15(17)19/h8-10,18H,5-7,11H2,1-4H3,(H2,17,19). The lowest BCUT2D eigenvalue weighted by molar-refractivity contribution is 0.574. The van der Waals surface area contributed by atoms with Gasteiger partial charge in [0.15, 0.2) is 0 Å². The fraction of sp³-hybridized carbons (Fsp3) is 0.562. The first-order valence-electron chi connectivity index (χ1n) is 7.38. The number of anilines is 1. The van der Waals surface area contributed by atoms with Crippen molar-refractivity contribution in [3.63, 3.8) is 0 Å². The van der Waals surface area contributed by atoms with Crippen molar-refractivity contribution in [2.45, 2.75) is 43.3 Å². The summed E-state index contributed by atoms with van der Waals surface area (Å²) < 4.78 is 0.265. The minimum absolute atomic E-state index is 0.265. The van der Waals surface area contributed by atoms with Crippen LogP contribution in [0.3, 0.4) is 0 Å². The highest BCUT2D eigenvalue weighted by atomic mass is 32.2. The van der Waals surface area contributed by atoms with E-state index < -0.39 is 0 Å². The van der Waals surface area contributed by atoms with E-state index in [4.69, 9.17) is 18.0 Å². The molecule has 0 aliphatic rings. The van der Waals surface area contributed by atoms with Gasteiger partial charge in [-0.2, -0.15) is 11.8 Å². The Morgan fingerprint density at radius 1 is 1.29 bits per heavy atom. The van der Waals surface area contributed by atoms with E-state index >= 15 is 0 Å². The van der Waals surface area contributed by atoms with Gasteiger partial charge >= 0.3 is 0 Å². The van der Waals surface area contributed by atoms with Gasteiger partial charge in [0.1, 0.15) is 4.99 Å². The molecular weight excluding hydrogens is 316 g/mol. The third-order valence-electron chi connectivity index (χ3n) is 3.90. The Labute approximate surface area is 143 Å². The fourth-order valence-electron chi connectivity index (χ4n) is 2.33. The lowest BCUT2D eigenvalue weighted by atomic mass is 10.0. The molecule has 118 valence electrons. The van der Waals surface area contributed by atoms with E-state index in [1.165, 1.54) is 0 Å². The molecule has 1 aromatic carbocycles. The highest BCUT2D eigenvalue weighted by Crippen LogP contribution is 2.33. The summed E-state index contributed by atoms with van der Waals surface area (Å²) in [5, 5.41) is 3.59. The number of thiocarbonyl (C=S) groups is 1. The lowest BCUT2D eigenvalue weighted by Crippen LogP contribution is -2.32. The summed E-state index contributed by atoms with van der Waals surface area (Å²) in [6, 6.07) is 6.24. The second-order valence-electron chi connectivity index (χ2n) is 4.92. The largest absolute Gasteiger partial charge is 0.389 e. The van der Waals surface area contributed by atoms with E-state index in [1.54, 1.807) is 11.8 Å².